The van der Waals surface area contributed by atoms with Crippen molar-refractivity contribution in [3.05, 3.63) is 41.7 Å². The van der Waals surface area contributed by atoms with Crippen molar-refractivity contribution < 1.29 is 9.53 Å². The number of methoxy groups -OCH3 is 1. The molecule has 0 aliphatic rings. The van der Waals surface area contributed by atoms with Crippen LogP contribution in [-0.2, 0) is 6.42 Å². The summed E-state index contributed by atoms with van der Waals surface area (Å²) >= 11 is 0. The Hall–Kier alpha value is -2.30. The zero-order valence-electron chi connectivity index (χ0n) is 12.7. The number of nitrogen functional groups attached to an aromatic ring is 1. The largest absolute Gasteiger partial charge is 0.493 e. The summed E-state index contributed by atoms with van der Waals surface area (Å²) in [5.74, 6) is 0.557. The zero-order valence-corrected chi connectivity index (χ0v) is 12.7. The molecular formula is C16H21N3O2. The lowest BCUT2D eigenvalue weighted by molar-refractivity contribution is 0.0967. The maximum Gasteiger partial charge on any atom is 0.185 e. The Labute approximate surface area is 124 Å². The van der Waals surface area contributed by atoms with Crippen LogP contribution in [0.1, 0.15) is 42.4 Å². The molecular weight excluding hydrogens is 266 g/mol. The smallest absolute Gasteiger partial charge is 0.185 e. The molecule has 0 atom stereocenters. The Bertz CT molecular complexity index is 632. The topological polar surface area (TPSA) is 70.1 Å². The molecule has 0 saturated carbocycles. The van der Waals surface area contributed by atoms with Gasteiger partial charge in [0.05, 0.1) is 13.3 Å². The Morgan fingerprint density at radius 1 is 1.43 bits per heavy atom. The van der Waals surface area contributed by atoms with Crippen molar-refractivity contribution in [2.45, 2.75) is 32.7 Å². The first-order chi connectivity index (χ1) is 10.0. The molecule has 0 aliphatic heterocycles. The van der Waals surface area contributed by atoms with Crippen LogP contribution in [0, 0.1) is 0 Å². The van der Waals surface area contributed by atoms with Crippen molar-refractivity contribution in [1.82, 2.24) is 9.78 Å². The van der Waals surface area contributed by atoms with Crippen LogP contribution in [-0.4, -0.2) is 22.7 Å². The van der Waals surface area contributed by atoms with Gasteiger partial charge in [-0.1, -0.05) is 12.1 Å². The number of Topliss-reactive ketones (excluding diaryl/α,β-unsaturated/α-hetero) is 1. The predicted molar refractivity (Wildman–Crippen MR) is 82.7 cm³/mol. The summed E-state index contributed by atoms with van der Waals surface area (Å²) < 4.78 is 6.95. The van der Waals surface area contributed by atoms with Crippen LogP contribution in [0.3, 0.4) is 0 Å². The fourth-order valence-electron chi connectivity index (χ4n) is 2.28. The van der Waals surface area contributed by atoms with Crippen molar-refractivity contribution >= 4 is 11.5 Å². The summed E-state index contributed by atoms with van der Waals surface area (Å²) in [7, 11) is 1.55. The number of ether oxygens (including phenoxy) is 1. The summed E-state index contributed by atoms with van der Waals surface area (Å²) in [6, 6.07) is 7.71. The number of hydrogen-bond acceptors (Lipinski definition) is 4. The monoisotopic (exact) mass is 287 g/mol. The van der Waals surface area contributed by atoms with Gasteiger partial charge in [-0.05, 0) is 38.0 Å². The van der Waals surface area contributed by atoms with E-state index in [4.69, 9.17) is 10.5 Å². The van der Waals surface area contributed by atoms with Crippen molar-refractivity contribution in [3.8, 4) is 5.75 Å². The molecule has 5 heteroatoms. The molecule has 21 heavy (non-hydrogen) atoms. The van der Waals surface area contributed by atoms with Crippen LogP contribution >= 0.6 is 0 Å². The van der Waals surface area contributed by atoms with Gasteiger partial charge in [0.1, 0.15) is 5.69 Å². The molecule has 2 aromatic rings. The maximum absolute atomic E-state index is 12.5. The van der Waals surface area contributed by atoms with Gasteiger partial charge in [-0.25, -0.2) is 0 Å². The number of anilines is 1. The molecule has 0 spiro atoms. The number of nitrogens with zero attached hydrogens (tertiary/aromatic N) is 2. The van der Waals surface area contributed by atoms with Gasteiger partial charge in [-0.3, -0.25) is 9.48 Å². The third-order valence-electron chi connectivity index (χ3n) is 3.33. The first-order valence-corrected chi connectivity index (χ1v) is 7.02. The number of benzene rings is 1. The number of aromatic nitrogens is 2. The number of hydrogen-bond donors (Lipinski definition) is 1. The van der Waals surface area contributed by atoms with E-state index in [-0.39, 0.29) is 11.8 Å². The van der Waals surface area contributed by atoms with E-state index in [1.54, 1.807) is 18.0 Å². The summed E-state index contributed by atoms with van der Waals surface area (Å²) in [6.45, 7) is 3.97. The lowest BCUT2D eigenvalue weighted by Gasteiger charge is -2.11. The Kier molecular flexibility index (Phi) is 4.62. The van der Waals surface area contributed by atoms with E-state index in [9.17, 15) is 4.79 Å². The second-order valence-electron chi connectivity index (χ2n) is 5.27. The van der Waals surface area contributed by atoms with Crippen molar-refractivity contribution in [2.75, 3.05) is 12.8 Å². The van der Waals surface area contributed by atoms with Gasteiger partial charge < -0.3 is 10.5 Å². The van der Waals surface area contributed by atoms with Crippen molar-refractivity contribution in [2.24, 2.45) is 0 Å². The summed E-state index contributed by atoms with van der Waals surface area (Å²) in [6.07, 6.45) is 2.64. The fraction of sp³-hybridized carbons (Fsp3) is 0.375. The van der Waals surface area contributed by atoms with Crippen molar-refractivity contribution in [1.29, 1.82) is 0 Å². The highest BCUT2D eigenvalue weighted by Crippen LogP contribution is 2.23. The molecule has 0 bridgehead atoms. The van der Waals surface area contributed by atoms with Crippen LogP contribution in [0.2, 0.25) is 0 Å². The van der Waals surface area contributed by atoms with Crippen LogP contribution in [0.15, 0.2) is 30.5 Å². The van der Waals surface area contributed by atoms with Gasteiger partial charge in [0.15, 0.2) is 11.5 Å². The zero-order chi connectivity index (χ0) is 15.4. The normalized spacial score (nSPS) is 10.9. The molecule has 112 valence electrons. The molecule has 1 heterocycles. The lowest BCUT2D eigenvalue weighted by Crippen LogP contribution is -2.14. The molecule has 1 aromatic carbocycles. The van der Waals surface area contributed by atoms with Crippen LogP contribution in [0.5, 0.6) is 5.75 Å². The first-order valence-electron chi connectivity index (χ1n) is 7.02. The van der Waals surface area contributed by atoms with E-state index in [2.05, 4.69) is 5.10 Å². The number of carbonyl (C=O) groups excluding carboxylic acids is 1. The number of carbonyl (C=O) groups is 1. The van der Waals surface area contributed by atoms with E-state index in [1.807, 2.05) is 38.1 Å². The van der Waals surface area contributed by atoms with Gasteiger partial charge in [0.2, 0.25) is 0 Å². The van der Waals surface area contributed by atoms with E-state index >= 15 is 0 Å². The fourth-order valence-corrected chi connectivity index (χ4v) is 2.28. The van der Waals surface area contributed by atoms with Gasteiger partial charge in [-0.2, -0.15) is 5.10 Å². The Morgan fingerprint density at radius 2 is 2.19 bits per heavy atom. The summed E-state index contributed by atoms with van der Waals surface area (Å²) in [5, 5.41) is 4.23. The van der Waals surface area contributed by atoms with Gasteiger partial charge in [-0.15, -0.1) is 0 Å². The molecule has 1 aromatic heterocycles. The molecule has 0 fully saturated rings. The predicted octanol–water partition coefficient (Wildman–Crippen LogP) is 2.87. The molecule has 5 nitrogen and oxygen atoms in total. The van der Waals surface area contributed by atoms with Crippen LogP contribution in [0.25, 0.3) is 0 Å². The molecule has 0 unspecified atom stereocenters. The summed E-state index contributed by atoms with van der Waals surface area (Å²) in [5.41, 5.74) is 8.05. The summed E-state index contributed by atoms with van der Waals surface area (Å²) in [4.78, 5) is 12.5. The molecule has 0 amide bonds. The average molecular weight is 287 g/mol. The molecule has 2 N–H and O–H groups in total. The van der Waals surface area contributed by atoms with Crippen LogP contribution < -0.4 is 10.5 Å². The quantitative estimate of drug-likeness (QED) is 0.655. The van der Waals surface area contributed by atoms with Gasteiger partial charge in [0, 0.05) is 18.2 Å². The number of aryl methyl sites for hydroxylation is 1. The first kappa shape index (κ1) is 15.1. The Morgan fingerprint density at radius 3 is 2.81 bits per heavy atom. The van der Waals surface area contributed by atoms with E-state index in [0.29, 0.717) is 30.0 Å². The number of ketones is 1. The Balaban J connectivity index is 2.15. The van der Waals surface area contributed by atoms with Crippen LogP contribution in [0.4, 0.5) is 5.69 Å². The molecule has 0 aliphatic carbocycles. The van der Waals surface area contributed by atoms with E-state index in [1.165, 1.54) is 0 Å². The average Bonchev–Trinajstić information content (AvgIpc) is 2.89. The molecule has 0 radical (unpaired) electrons. The maximum atomic E-state index is 12.5. The minimum Gasteiger partial charge on any atom is -0.493 e. The number of nitrogens with two attached hydrogens (primary N) is 1. The second-order valence-corrected chi connectivity index (χ2v) is 5.27. The SMILES string of the molecule is COc1cnn(C(C)C)c1C(=O)CCc1cccc(N)c1. The lowest BCUT2D eigenvalue weighted by atomic mass is 10.1. The third-order valence-corrected chi connectivity index (χ3v) is 3.33. The third kappa shape index (κ3) is 3.42. The highest BCUT2D eigenvalue weighted by Gasteiger charge is 2.20. The highest BCUT2D eigenvalue weighted by molar-refractivity contribution is 5.97. The van der Waals surface area contributed by atoms with E-state index < -0.39 is 0 Å². The van der Waals surface area contributed by atoms with E-state index in [0.717, 1.165) is 5.56 Å². The standard InChI is InChI=1S/C16H21N3O2/c1-11(2)19-16(15(21-3)10-18-19)14(20)8-7-12-5-4-6-13(17)9-12/h4-6,9-11H,7-8,17H2,1-3H3. The molecule has 2 rings (SSSR count). The minimum absolute atomic E-state index is 0.0282. The number of rotatable bonds is 6. The highest BCUT2D eigenvalue weighted by atomic mass is 16.5. The minimum atomic E-state index is 0.0282. The second kappa shape index (κ2) is 6.43. The van der Waals surface area contributed by atoms with Crippen molar-refractivity contribution in [3.63, 3.8) is 0 Å². The van der Waals surface area contributed by atoms with Gasteiger partial charge in [0.25, 0.3) is 0 Å². The molecule has 0 saturated heterocycles. The van der Waals surface area contributed by atoms with Gasteiger partial charge >= 0.3 is 0 Å².